The van der Waals surface area contributed by atoms with Crippen molar-refractivity contribution in [2.75, 3.05) is 6.61 Å². The quantitative estimate of drug-likeness (QED) is 0.749. The van der Waals surface area contributed by atoms with Gasteiger partial charge < -0.3 is 20.6 Å². The first kappa shape index (κ1) is 11.6. The number of ether oxygens (including phenoxy) is 1. The molecular weight excluding hydrogens is 228 g/mol. The molecule has 4 nitrogen and oxygen atoms in total. The zero-order chi connectivity index (χ0) is 12.7. The molecule has 0 fully saturated rings. The molecule has 3 rings (SSSR count). The summed E-state index contributed by atoms with van der Waals surface area (Å²) in [5, 5.41) is 10.9. The van der Waals surface area contributed by atoms with Gasteiger partial charge in [0.2, 0.25) is 0 Å². The van der Waals surface area contributed by atoms with Crippen LogP contribution in [0, 0.1) is 0 Å². The number of benzene rings is 1. The van der Waals surface area contributed by atoms with Crippen molar-refractivity contribution in [3.8, 4) is 5.75 Å². The fraction of sp³-hybridized carbons (Fsp3) is 0.429. The number of rotatable bonds is 2. The lowest BCUT2D eigenvalue weighted by molar-refractivity contribution is 0.0927. The van der Waals surface area contributed by atoms with E-state index in [1.165, 1.54) is 10.9 Å². The lowest BCUT2D eigenvalue weighted by Crippen LogP contribution is -2.25. The van der Waals surface area contributed by atoms with Gasteiger partial charge in [-0.05, 0) is 31.0 Å². The van der Waals surface area contributed by atoms with Crippen LogP contribution in [0.1, 0.15) is 18.1 Å². The average molecular weight is 246 g/mol. The molecule has 2 heterocycles. The number of nitrogens with two attached hydrogens (primary N) is 1. The highest BCUT2D eigenvalue weighted by atomic mass is 16.5. The molecule has 0 amide bonds. The van der Waals surface area contributed by atoms with Crippen LogP contribution in [-0.2, 0) is 12.8 Å². The molecule has 4 N–H and O–H groups in total. The number of hydrogen-bond donors (Lipinski definition) is 3. The molecule has 96 valence electrons. The zero-order valence-electron chi connectivity index (χ0n) is 10.4. The fourth-order valence-corrected chi connectivity index (χ4v) is 2.68. The van der Waals surface area contributed by atoms with Gasteiger partial charge in [-0.15, -0.1) is 0 Å². The maximum Gasteiger partial charge on any atom is 0.123 e. The third-order valence-electron chi connectivity index (χ3n) is 3.41. The molecular formula is C14H18N2O2. The third kappa shape index (κ3) is 1.87. The van der Waals surface area contributed by atoms with E-state index in [0.717, 1.165) is 23.3 Å². The molecule has 4 heteroatoms. The molecule has 0 aliphatic carbocycles. The van der Waals surface area contributed by atoms with Crippen LogP contribution in [0.4, 0.5) is 0 Å². The lowest BCUT2D eigenvalue weighted by Gasteiger charge is -2.23. The standard InChI is InChI=1S/C14H18N2O2/c1-8(15)4-9-6-16-12-2-3-13-11(14(9)12)5-10(17)7-18-13/h2-3,6,8,10,16-17H,4-5,7,15H2,1H3/t8-,10+/m0/s1. The summed E-state index contributed by atoms with van der Waals surface area (Å²) in [5.41, 5.74) is 9.27. The number of aliphatic hydroxyl groups excluding tert-OH is 1. The van der Waals surface area contributed by atoms with Crippen LogP contribution in [0.25, 0.3) is 10.9 Å². The van der Waals surface area contributed by atoms with Crippen molar-refractivity contribution in [1.82, 2.24) is 4.98 Å². The molecule has 1 aliphatic heterocycles. The van der Waals surface area contributed by atoms with Crippen LogP contribution < -0.4 is 10.5 Å². The Morgan fingerprint density at radius 3 is 3.17 bits per heavy atom. The Morgan fingerprint density at radius 1 is 1.56 bits per heavy atom. The first-order valence-corrected chi connectivity index (χ1v) is 6.33. The van der Waals surface area contributed by atoms with E-state index in [1.54, 1.807) is 0 Å². The number of hydrogen-bond acceptors (Lipinski definition) is 3. The average Bonchev–Trinajstić information content (AvgIpc) is 2.72. The summed E-state index contributed by atoms with van der Waals surface area (Å²) in [6.45, 7) is 2.38. The molecule has 0 spiro atoms. The Balaban J connectivity index is 2.16. The number of H-pyrrole nitrogens is 1. The van der Waals surface area contributed by atoms with E-state index in [1.807, 2.05) is 25.3 Å². The predicted molar refractivity (Wildman–Crippen MR) is 70.9 cm³/mol. The van der Waals surface area contributed by atoms with Crippen molar-refractivity contribution < 1.29 is 9.84 Å². The van der Waals surface area contributed by atoms with Crippen LogP contribution in [0.3, 0.4) is 0 Å². The summed E-state index contributed by atoms with van der Waals surface area (Å²) < 4.78 is 5.58. The first-order chi connectivity index (χ1) is 8.65. The second-order valence-corrected chi connectivity index (χ2v) is 5.13. The molecule has 18 heavy (non-hydrogen) atoms. The van der Waals surface area contributed by atoms with Gasteiger partial charge in [-0.2, -0.15) is 0 Å². The molecule has 0 unspecified atom stereocenters. The maximum atomic E-state index is 9.77. The minimum Gasteiger partial charge on any atom is -0.491 e. The van der Waals surface area contributed by atoms with Crippen LogP contribution in [-0.4, -0.2) is 28.8 Å². The SMILES string of the molecule is C[C@H](N)Cc1c[nH]c2ccc3c(c12)C[C@@H](O)CO3. The number of aromatic nitrogens is 1. The van der Waals surface area contributed by atoms with Gasteiger partial charge >= 0.3 is 0 Å². The normalized spacial score (nSPS) is 20.5. The Morgan fingerprint density at radius 2 is 2.39 bits per heavy atom. The van der Waals surface area contributed by atoms with Gasteiger partial charge in [0, 0.05) is 35.1 Å². The van der Waals surface area contributed by atoms with E-state index in [4.69, 9.17) is 10.5 Å². The molecule has 0 radical (unpaired) electrons. The Labute approximate surface area is 106 Å². The van der Waals surface area contributed by atoms with E-state index in [2.05, 4.69) is 4.98 Å². The zero-order valence-corrected chi connectivity index (χ0v) is 10.4. The van der Waals surface area contributed by atoms with Gasteiger partial charge in [0.15, 0.2) is 0 Å². The van der Waals surface area contributed by atoms with Crippen LogP contribution >= 0.6 is 0 Å². The second kappa shape index (κ2) is 4.30. The van der Waals surface area contributed by atoms with Crippen molar-refractivity contribution in [2.24, 2.45) is 5.73 Å². The summed E-state index contributed by atoms with van der Waals surface area (Å²) in [5.74, 6) is 0.887. The van der Waals surface area contributed by atoms with Crippen LogP contribution in [0.2, 0.25) is 0 Å². The van der Waals surface area contributed by atoms with Gasteiger partial charge in [0.1, 0.15) is 12.4 Å². The van der Waals surface area contributed by atoms with E-state index < -0.39 is 6.10 Å². The van der Waals surface area contributed by atoms with E-state index >= 15 is 0 Å². The topological polar surface area (TPSA) is 71.3 Å². The summed E-state index contributed by atoms with van der Waals surface area (Å²) in [4.78, 5) is 3.27. The van der Waals surface area contributed by atoms with Gasteiger partial charge in [0.05, 0.1) is 6.10 Å². The number of fused-ring (bicyclic) bond motifs is 3. The molecule has 2 atom stereocenters. The Kier molecular flexibility index (Phi) is 2.76. The van der Waals surface area contributed by atoms with Crippen LogP contribution in [0.5, 0.6) is 5.75 Å². The highest BCUT2D eigenvalue weighted by Crippen LogP contribution is 2.34. The van der Waals surface area contributed by atoms with Crippen LogP contribution in [0.15, 0.2) is 18.3 Å². The summed E-state index contributed by atoms with van der Waals surface area (Å²) in [6.07, 6.45) is 3.07. The Bertz CT molecular complexity index is 574. The molecule has 2 aromatic rings. The maximum absolute atomic E-state index is 9.77. The summed E-state index contributed by atoms with van der Waals surface area (Å²) >= 11 is 0. The van der Waals surface area contributed by atoms with E-state index in [9.17, 15) is 5.11 Å². The molecule has 1 aromatic carbocycles. The third-order valence-corrected chi connectivity index (χ3v) is 3.41. The highest BCUT2D eigenvalue weighted by molar-refractivity contribution is 5.89. The number of nitrogens with one attached hydrogen (secondary N) is 1. The number of aromatic amines is 1. The van der Waals surface area contributed by atoms with Gasteiger partial charge in [-0.1, -0.05) is 0 Å². The monoisotopic (exact) mass is 246 g/mol. The van der Waals surface area contributed by atoms with Gasteiger partial charge in [-0.25, -0.2) is 0 Å². The van der Waals surface area contributed by atoms with E-state index in [-0.39, 0.29) is 6.04 Å². The van der Waals surface area contributed by atoms with Crippen molar-refractivity contribution in [1.29, 1.82) is 0 Å². The van der Waals surface area contributed by atoms with Crippen molar-refractivity contribution in [3.05, 3.63) is 29.5 Å². The predicted octanol–water partition coefficient (Wildman–Crippen LogP) is 1.35. The molecule has 1 aromatic heterocycles. The highest BCUT2D eigenvalue weighted by Gasteiger charge is 2.22. The molecule has 0 saturated carbocycles. The van der Waals surface area contributed by atoms with Gasteiger partial charge in [0.25, 0.3) is 0 Å². The summed E-state index contributed by atoms with van der Waals surface area (Å²) in [6, 6.07) is 4.11. The lowest BCUT2D eigenvalue weighted by atomic mass is 9.96. The summed E-state index contributed by atoms with van der Waals surface area (Å²) in [7, 11) is 0. The number of aliphatic hydroxyl groups is 1. The van der Waals surface area contributed by atoms with Crippen molar-refractivity contribution in [3.63, 3.8) is 0 Å². The minimum absolute atomic E-state index is 0.120. The van der Waals surface area contributed by atoms with Crippen molar-refractivity contribution >= 4 is 10.9 Å². The second-order valence-electron chi connectivity index (χ2n) is 5.13. The smallest absolute Gasteiger partial charge is 0.123 e. The van der Waals surface area contributed by atoms with E-state index in [0.29, 0.717) is 13.0 Å². The fourth-order valence-electron chi connectivity index (χ4n) is 2.68. The Hall–Kier alpha value is -1.52. The molecule has 1 aliphatic rings. The largest absolute Gasteiger partial charge is 0.491 e. The van der Waals surface area contributed by atoms with Gasteiger partial charge in [-0.3, -0.25) is 0 Å². The molecule has 0 bridgehead atoms. The first-order valence-electron chi connectivity index (χ1n) is 6.33. The van der Waals surface area contributed by atoms with Crippen molar-refractivity contribution in [2.45, 2.75) is 31.9 Å². The minimum atomic E-state index is -0.416. The molecule has 0 saturated heterocycles.